The maximum Gasteiger partial charge on any atom is 0.243 e. The van der Waals surface area contributed by atoms with Gasteiger partial charge in [-0.05, 0) is 24.6 Å². The summed E-state index contributed by atoms with van der Waals surface area (Å²) in [6, 6.07) is 7.51. The van der Waals surface area contributed by atoms with E-state index < -0.39 is 23.6 Å². The van der Waals surface area contributed by atoms with E-state index in [4.69, 9.17) is 9.47 Å². The zero-order valence-electron chi connectivity index (χ0n) is 14.3. The first-order valence-electron chi connectivity index (χ1n) is 8.00. The van der Waals surface area contributed by atoms with E-state index in [0.29, 0.717) is 17.9 Å². The normalized spacial score (nSPS) is 19.2. The average molecular weight is 363 g/mol. The first-order valence-corrected chi connectivity index (χ1v) is 8.00. The van der Waals surface area contributed by atoms with Gasteiger partial charge in [-0.3, -0.25) is 4.79 Å². The fourth-order valence-electron chi connectivity index (χ4n) is 2.85. The maximum atomic E-state index is 13.7. The standard InChI is InChI=1S/C18H19F2N3O3/c1-25-11-4-5-12(17(8-11)26-2)14-9-16(23-22-14)18(24)21-15-7-10(19)3-6-13(15)20/h3-8,14,16,22-23H,9H2,1-2H3,(H,21,24). The van der Waals surface area contributed by atoms with Crippen molar-refractivity contribution in [1.82, 2.24) is 10.9 Å². The summed E-state index contributed by atoms with van der Waals surface area (Å²) in [4.78, 5) is 12.4. The number of benzene rings is 2. The van der Waals surface area contributed by atoms with Crippen LogP contribution in [0, 0.1) is 11.6 Å². The lowest BCUT2D eigenvalue weighted by molar-refractivity contribution is -0.117. The zero-order chi connectivity index (χ0) is 18.7. The molecule has 8 heteroatoms. The maximum absolute atomic E-state index is 13.7. The number of amides is 1. The van der Waals surface area contributed by atoms with Crippen LogP contribution >= 0.6 is 0 Å². The van der Waals surface area contributed by atoms with Gasteiger partial charge in [0.15, 0.2) is 0 Å². The summed E-state index contributed by atoms with van der Waals surface area (Å²) >= 11 is 0. The van der Waals surface area contributed by atoms with Crippen LogP contribution in [-0.4, -0.2) is 26.2 Å². The highest BCUT2D eigenvalue weighted by atomic mass is 19.1. The first-order chi connectivity index (χ1) is 12.5. The van der Waals surface area contributed by atoms with Gasteiger partial charge in [-0.25, -0.2) is 19.6 Å². The van der Waals surface area contributed by atoms with Crippen LogP contribution in [0.5, 0.6) is 11.5 Å². The molecule has 0 bridgehead atoms. The van der Waals surface area contributed by atoms with Gasteiger partial charge in [0.25, 0.3) is 0 Å². The number of hydrazine groups is 1. The van der Waals surface area contributed by atoms with Crippen molar-refractivity contribution in [1.29, 1.82) is 0 Å². The van der Waals surface area contributed by atoms with Gasteiger partial charge in [-0.15, -0.1) is 0 Å². The summed E-state index contributed by atoms with van der Waals surface area (Å²) in [6.45, 7) is 0. The number of hydrogen-bond acceptors (Lipinski definition) is 5. The van der Waals surface area contributed by atoms with Gasteiger partial charge in [0, 0.05) is 17.7 Å². The topological polar surface area (TPSA) is 71.6 Å². The smallest absolute Gasteiger partial charge is 0.243 e. The van der Waals surface area contributed by atoms with E-state index >= 15 is 0 Å². The number of halogens is 2. The molecule has 2 atom stereocenters. The van der Waals surface area contributed by atoms with E-state index in [1.807, 2.05) is 6.07 Å². The molecular formula is C18H19F2N3O3. The molecule has 26 heavy (non-hydrogen) atoms. The zero-order valence-corrected chi connectivity index (χ0v) is 14.3. The molecule has 0 saturated carbocycles. The van der Waals surface area contributed by atoms with Crippen LogP contribution in [0.1, 0.15) is 18.0 Å². The lowest BCUT2D eigenvalue weighted by Gasteiger charge is -2.15. The predicted molar refractivity (Wildman–Crippen MR) is 92.0 cm³/mol. The largest absolute Gasteiger partial charge is 0.497 e. The van der Waals surface area contributed by atoms with Crippen LogP contribution < -0.4 is 25.6 Å². The highest BCUT2D eigenvalue weighted by molar-refractivity contribution is 5.95. The van der Waals surface area contributed by atoms with Crippen molar-refractivity contribution in [3.05, 3.63) is 53.6 Å². The Morgan fingerprint density at radius 2 is 1.92 bits per heavy atom. The predicted octanol–water partition coefficient (Wildman–Crippen LogP) is 2.53. The Hall–Kier alpha value is -2.71. The number of carbonyl (C=O) groups excluding carboxylic acids is 1. The number of hydrogen-bond donors (Lipinski definition) is 3. The number of anilines is 1. The molecule has 1 saturated heterocycles. The molecule has 1 aliphatic rings. The van der Waals surface area contributed by atoms with Gasteiger partial charge in [0.05, 0.1) is 25.9 Å². The van der Waals surface area contributed by atoms with Gasteiger partial charge < -0.3 is 14.8 Å². The summed E-state index contributed by atoms with van der Waals surface area (Å²) in [6.07, 6.45) is 0.408. The van der Waals surface area contributed by atoms with Crippen molar-refractivity contribution in [2.24, 2.45) is 0 Å². The minimum atomic E-state index is -0.695. The monoisotopic (exact) mass is 363 g/mol. The molecule has 0 radical (unpaired) electrons. The minimum absolute atomic E-state index is 0.191. The molecule has 0 aromatic heterocycles. The highest BCUT2D eigenvalue weighted by Gasteiger charge is 2.32. The summed E-state index contributed by atoms with van der Waals surface area (Å²) in [5, 5.41) is 2.40. The minimum Gasteiger partial charge on any atom is -0.497 e. The molecule has 1 amide bonds. The molecule has 2 aromatic carbocycles. The summed E-state index contributed by atoms with van der Waals surface area (Å²) in [7, 11) is 3.12. The number of rotatable bonds is 5. The molecule has 3 N–H and O–H groups in total. The van der Waals surface area contributed by atoms with Gasteiger partial charge in [-0.2, -0.15) is 0 Å². The van der Waals surface area contributed by atoms with E-state index in [0.717, 1.165) is 23.8 Å². The lowest BCUT2D eigenvalue weighted by Crippen LogP contribution is -2.39. The fourth-order valence-corrected chi connectivity index (χ4v) is 2.85. The van der Waals surface area contributed by atoms with Crippen LogP contribution in [0.15, 0.2) is 36.4 Å². The van der Waals surface area contributed by atoms with Crippen molar-refractivity contribution in [3.63, 3.8) is 0 Å². The van der Waals surface area contributed by atoms with Crippen LogP contribution in [0.25, 0.3) is 0 Å². The Kier molecular flexibility index (Phi) is 5.34. The quantitative estimate of drug-likeness (QED) is 0.762. The van der Waals surface area contributed by atoms with E-state index in [9.17, 15) is 13.6 Å². The molecular weight excluding hydrogens is 344 g/mol. The van der Waals surface area contributed by atoms with Gasteiger partial charge in [-0.1, -0.05) is 6.07 Å². The van der Waals surface area contributed by atoms with Crippen molar-refractivity contribution >= 4 is 11.6 Å². The Morgan fingerprint density at radius 3 is 2.65 bits per heavy atom. The summed E-state index contributed by atoms with van der Waals surface area (Å²) in [5.41, 5.74) is 6.56. The summed E-state index contributed by atoms with van der Waals surface area (Å²) in [5.74, 6) is -0.496. The Labute approximate surface area is 149 Å². The molecule has 2 unspecified atom stereocenters. The SMILES string of the molecule is COc1ccc(C2CC(C(=O)Nc3cc(F)ccc3F)NN2)c(OC)c1. The number of ether oxygens (including phenoxy) is 2. The molecule has 0 aliphatic carbocycles. The second-order valence-electron chi connectivity index (χ2n) is 5.85. The second-order valence-corrected chi connectivity index (χ2v) is 5.85. The molecule has 0 spiro atoms. The van der Waals surface area contributed by atoms with Crippen molar-refractivity contribution < 1.29 is 23.0 Å². The van der Waals surface area contributed by atoms with Gasteiger partial charge >= 0.3 is 0 Å². The van der Waals surface area contributed by atoms with Crippen LogP contribution in [0.2, 0.25) is 0 Å². The number of nitrogens with one attached hydrogen (secondary N) is 3. The Balaban J connectivity index is 1.70. The third kappa shape index (κ3) is 3.76. The Morgan fingerprint density at radius 1 is 1.12 bits per heavy atom. The van der Waals surface area contributed by atoms with E-state index in [2.05, 4.69) is 16.2 Å². The van der Waals surface area contributed by atoms with Crippen LogP contribution in [-0.2, 0) is 4.79 Å². The molecule has 1 aliphatic heterocycles. The number of carbonyl (C=O) groups is 1. The Bertz CT molecular complexity index is 816. The molecule has 2 aromatic rings. The van der Waals surface area contributed by atoms with E-state index in [1.165, 1.54) is 0 Å². The molecule has 3 rings (SSSR count). The van der Waals surface area contributed by atoms with Crippen LogP contribution in [0.4, 0.5) is 14.5 Å². The second kappa shape index (κ2) is 7.67. The van der Waals surface area contributed by atoms with E-state index in [-0.39, 0.29) is 11.7 Å². The number of methoxy groups -OCH3 is 2. The third-order valence-corrected chi connectivity index (χ3v) is 4.22. The van der Waals surface area contributed by atoms with Gasteiger partial charge in [0.2, 0.25) is 5.91 Å². The first kappa shape index (κ1) is 18.1. The molecule has 6 nitrogen and oxygen atoms in total. The average Bonchev–Trinajstić information content (AvgIpc) is 3.14. The molecule has 138 valence electrons. The van der Waals surface area contributed by atoms with Crippen molar-refractivity contribution in [2.75, 3.05) is 19.5 Å². The highest BCUT2D eigenvalue weighted by Crippen LogP contribution is 2.33. The third-order valence-electron chi connectivity index (χ3n) is 4.22. The fraction of sp³-hybridized carbons (Fsp3) is 0.278. The molecule has 1 heterocycles. The molecule has 1 fully saturated rings. The van der Waals surface area contributed by atoms with E-state index in [1.54, 1.807) is 26.4 Å². The van der Waals surface area contributed by atoms with Crippen LogP contribution in [0.3, 0.4) is 0 Å². The van der Waals surface area contributed by atoms with Gasteiger partial charge in [0.1, 0.15) is 29.2 Å². The van der Waals surface area contributed by atoms with Crippen molar-refractivity contribution in [3.8, 4) is 11.5 Å². The summed E-state index contributed by atoms with van der Waals surface area (Å²) < 4.78 is 37.5. The van der Waals surface area contributed by atoms with Crippen molar-refractivity contribution in [2.45, 2.75) is 18.5 Å². The lowest BCUT2D eigenvalue weighted by atomic mass is 10.0.